The second-order valence-electron chi connectivity index (χ2n) is 5.52. The van der Waals surface area contributed by atoms with Crippen LogP contribution in [0.1, 0.15) is 10.5 Å². The molecule has 26 heavy (non-hydrogen) atoms. The number of carbonyl (C=O) groups is 1. The minimum absolute atomic E-state index is 0.138. The van der Waals surface area contributed by atoms with Crippen LogP contribution in [0.4, 0.5) is 11.6 Å². The number of para-hydroxylation sites is 1. The van der Waals surface area contributed by atoms with Crippen LogP contribution in [0, 0.1) is 0 Å². The lowest BCUT2D eigenvalue weighted by atomic mass is 10.3. The largest absolute Gasteiger partial charge is 0.364 e. The predicted octanol–water partition coefficient (Wildman–Crippen LogP) is 3.42. The molecule has 0 aliphatic rings. The summed E-state index contributed by atoms with van der Waals surface area (Å²) in [7, 11) is 0. The van der Waals surface area contributed by atoms with Crippen LogP contribution < -0.4 is 11.1 Å². The van der Waals surface area contributed by atoms with Crippen LogP contribution in [0.2, 0.25) is 0 Å². The Bertz CT molecular complexity index is 1090. The van der Waals surface area contributed by atoms with Crippen LogP contribution in [-0.2, 0) is 0 Å². The fourth-order valence-electron chi connectivity index (χ4n) is 2.56. The smallest absolute Gasteiger partial charge is 0.269 e. The van der Waals surface area contributed by atoms with Crippen LogP contribution in [0.3, 0.4) is 0 Å². The van der Waals surface area contributed by atoms with Gasteiger partial charge in [-0.15, -0.1) is 0 Å². The van der Waals surface area contributed by atoms with Crippen molar-refractivity contribution >= 4 is 44.5 Å². The zero-order valence-electron chi connectivity index (χ0n) is 13.4. The van der Waals surface area contributed by atoms with Crippen molar-refractivity contribution in [3.05, 3.63) is 71.0 Å². The second kappa shape index (κ2) is 6.57. The average molecular weight is 409 g/mol. The van der Waals surface area contributed by atoms with Crippen LogP contribution in [0.15, 0.2) is 65.3 Å². The standard InChI is InChI=1S/C18H13BrN6O/c19-11-6-8-12(9-7-11)22-18-21-10-14-15(16(20)26)24-25(17(14)23-18)13-4-2-1-3-5-13/h1-10H,(H2,20,26)(H,21,22,23). The number of primary amides is 1. The third kappa shape index (κ3) is 3.02. The highest BCUT2D eigenvalue weighted by Gasteiger charge is 2.18. The number of anilines is 2. The number of nitrogens with zero attached hydrogens (tertiary/aromatic N) is 4. The molecular weight excluding hydrogens is 396 g/mol. The Hall–Kier alpha value is -3.26. The first-order chi connectivity index (χ1) is 12.6. The molecule has 2 heterocycles. The summed E-state index contributed by atoms with van der Waals surface area (Å²) in [5.41, 5.74) is 7.71. The number of benzene rings is 2. The van der Waals surface area contributed by atoms with E-state index in [4.69, 9.17) is 5.73 Å². The zero-order valence-corrected chi connectivity index (χ0v) is 15.0. The first-order valence-corrected chi connectivity index (χ1v) is 8.55. The molecular formula is C18H13BrN6O. The van der Waals surface area contributed by atoms with E-state index in [0.29, 0.717) is 17.0 Å². The predicted molar refractivity (Wildman–Crippen MR) is 103 cm³/mol. The van der Waals surface area contributed by atoms with Crippen molar-refractivity contribution in [2.24, 2.45) is 5.73 Å². The highest BCUT2D eigenvalue weighted by atomic mass is 79.9. The molecule has 2 aromatic heterocycles. The fraction of sp³-hybridized carbons (Fsp3) is 0. The van der Waals surface area contributed by atoms with Gasteiger partial charge in [-0.05, 0) is 36.4 Å². The van der Waals surface area contributed by atoms with Crippen LogP contribution in [-0.4, -0.2) is 25.7 Å². The minimum Gasteiger partial charge on any atom is -0.364 e. The molecule has 7 nitrogen and oxygen atoms in total. The molecule has 4 rings (SSSR count). The second-order valence-corrected chi connectivity index (χ2v) is 6.44. The number of aromatic nitrogens is 4. The molecule has 0 unspecified atom stereocenters. The molecule has 0 atom stereocenters. The number of nitrogens with one attached hydrogen (secondary N) is 1. The van der Waals surface area contributed by atoms with E-state index < -0.39 is 5.91 Å². The lowest BCUT2D eigenvalue weighted by Crippen LogP contribution is -2.12. The number of halogens is 1. The van der Waals surface area contributed by atoms with Gasteiger partial charge in [-0.25, -0.2) is 9.67 Å². The van der Waals surface area contributed by atoms with Crippen LogP contribution in [0.25, 0.3) is 16.7 Å². The Morgan fingerprint density at radius 2 is 1.81 bits per heavy atom. The molecule has 2 aromatic carbocycles. The third-order valence-corrected chi connectivity index (χ3v) is 4.29. The summed E-state index contributed by atoms with van der Waals surface area (Å²) in [4.78, 5) is 20.5. The van der Waals surface area contributed by atoms with E-state index in [-0.39, 0.29) is 5.69 Å². The molecule has 0 saturated heterocycles. The zero-order chi connectivity index (χ0) is 18.1. The van der Waals surface area contributed by atoms with E-state index in [2.05, 4.69) is 36.3 Å². The summed E-state index contributed by atoms with van der Waals surface area (Å²) in [6.45, 7) is 0. The van der Waals surface area contributed by atoms with Gasteiger partial charge in [0, 0.05) is 16.4 Å². The van der Waals surface area contributed by atoms with E-state index >= 15 is 0 Å². The number of hydrogen-bond donors (Lipinski definition) is 2. The summed E-state index contributed by atoms with van der Waals surface area (Å²) >= 11 is 3.40. The summed E-state index contributed by atoms with van der Waals surface area (Å²) < 4.78 is 2.57. The highest BCUT2D eigenvalue weighted by molar-refractivity contribution is 9.10. The van der Waals surface area contributed by atoms with Gasteiger partial charge in [0.25, 0.3) is 5.91 Å². The number of hydrogen-bond acceptors (Lipinski definition) is 5. The molecule has 4 aromatic rings. The van der Waals surface area contributed by atoms with Gasteiger partial charge in [-0.2, -0.15) is 10.1 Å². The Morgan fingerprint density at radius 1 is 1.08 bits per heavy atom. The molecule has 3 N–H and O–H groups in total. The Balaban J connectivity index is 1.83. The molecule has 0 spiro atoms. The SMILES string of the molecule is NC(=O)c1nn(-c2ccccc2)c2nc(Nc3ccc(Br)cc3)ncc12. The first kappa shape index (κ1) is 16.2. The van der Waals surface area contributed by atoms with Gasteiger partial charge in [0.2, 0.25) is 5.95 Å². The van der Waals surface area contributed by atoms with Gasteiger partial charge in [-0.1, -0.05) is 34.1 Å². The van der Waals surface area contributed by atoms with Crippen molar-refractivity contribution in [1.29, 1.82) is 0 Å². The molecule has 1 amide bonds. The van der Waals surface area contributed by atoms with Gasteiger partial charge in [0.1, 0.15) is 0 Å². The van der Waals surface area contributed by atoms with Crippen LogP contribution >= 0.6 is 15.9 Å². The Kier molecular flexibility index (Phi) is 4.10. The van der Waals surface area contributed by atoms with Gasteiger partial charge in [0.05, 0.1) is 11.1 Å². The van der Waals surface area contributed by atoms with Crippen molar-refractivity contribution in [3.63, 3.8) is 0 Å². The number of rotatable bonds is 4. The van der Waals surface area contributed by atoms with E-state index in [1.807, 2.05) is 54.6 Å². The normalized spacial score (nSPS) is 10.8. The average Bonchev–Trinajstić information content (AvgIpc) is 3.03. The molecule has 128 valence electrons. The van der Waals surface area contributed by atoms with Crippen LogP contribution in [0.5, 0.6) is 0 Å². The Morgan fingerprint density at radius 3 is 2.50 bits per heavy atom. The van der Waals surface area contributed by atoms with E-state index in [1.165, 1.54) is 0 Å². The highest BCUT2D eigenvalue weighted by Crippen LogP contribution is 2.23. The topological polar surface area (TPSA) is 98.7 Å². The monoisotopic (exact) mass is 408 g/mol. The quantitative estimate of drug-likeness (QED) is 0.538. The molecule has 0 bridgehead atoms. The minimum atomic E-state index is -0.623. The summed E-state index contributed by atoms with van der Waals surface area (Å²) in [5.74, 6) is -0.227. The lowest BCUT2D eigenvalue weighted by Gasteiger charge is -2.06. The van der Waals surface area contributed by atoms with Crippen molar-refractivity contribution in [1.82, 2.24) is 19.7 Å². The van der Waals surface area contributed by atoms with Gasteiger partial charge < -0.3 is 11.1 Å². The lowest BCUT2D eigenvalue weighted by molar-refractivity contribution is 0.0996. The summed E-state index contributed by atoms with van der Waals surface area (Å²) in [5, 5.41) is 7.97. The molecule has 0 aliphatic carbocycles. The van der Waals surface area contributed by atoms with Crippen molar-refractivity contribution in [2.75, 3.05) is 5.32 Å². The van der Waals surface area contributed by atoms with Gasteiger partial charge >= 0.3 is 0 Å². The van der Waals surface area contributed by atoms with E-state index in [0.717, 1.165) is 15.8 Å². The number of amides is 1. The molecule has 0 radical (unpaired) electrons. The molecule has 8 heteroatoms. The summed E-state index contributed by atoms with van der Waals surface area (Å²) in [6, 6.07) is 17.1. The Labute approximate surface area is 157 Å². The number of nitrogens with two attached hydrogens (primary N) is 1. The van der Waals surface area contributed by atoms with E-state index in [1.54, 1.807) is 10.9 Å². The van der Waals surface area contributed by atoms with Crippen molar-refractivity contribution in [2.45, 2.75) is 0 Å². The van der Waals surface area contributed by atoms with Gasteiger partial charge in [0.15, 0.2) is 11.3 Å². The van der Waals surface area contributed by atoms with Crippen molar-refractivity contribution in [3.8, 4) is 5.69 Å². The molecule has 0 saturated carbocycles. The fourth-order valence-corrected chi connectivity index (χ4v) is 2.82. The van der Waals surface area contributed by atoms with E-state index in [9.17, 15) is 4.79 Å². The summed E-state index contributed by atoms with van der Waals surface area (Å²) in [6.07, 6.45) is 1.55. The maximum absolute atomic E-state index is 11.7. The third-order valence-electron chi connectivity index (χ3n) is 3.76. The number of fused-ring (bicyclic) bond motifs is 1. The molecule has 0 aliphatic heterocycles. The number of carbonyl (C=O) groups excluding carboxylic acids is 1. The maximum Gasteiger partial charge on any atom is 0.269 e. The first-order valence-electron chi connectivity index (χ1n) is 7.75. The van der Waals surface area contributed by atoms with Crippen molar-refractivity contribution < 1.29 is 4.79 Å². The molecule has 0 fully saturated rings. The maximum atomic E-state index is 11.7. The van der Waals surface area contributed by atoms with Gasteiger partial charge in [-0.3, -0.25) is 4.79 Å².